The molecule has 0 aliphatic rings. The van der Waals surface area contributed by atoms with Gasteiger partial charge in [0, 0.05) is 12.3 Å². The monoisotopic (exact) mass is 321 g/mol. The molecule has 1 aromatic heterocycles. The minimum absolute atomic E-state index is 0.208. The highest BCUT2D eigenvalue weighted by Crippen LogP contribution is 2.16. The van der Waals surface area contributed by atoms with Crippen molar-refractivity contribution < 1.29 is 17.4 Å². The summed E-state index contributed by atoms with van der Waals surface area (Å²) in [5, 5.41) is 2.10. The van der Waals surface area contributed by atoms with Crippen LogP contribution in [0.5, 0.6) is 0 Å². The average Bonchev–Trinajstić information content (AvgIpc) is 2.26. The van der Waals surface area contributed by atoms with Gasteiger partial charge in [-0.25, -0.2) is 27.9 Å². The molecule has 11 heteroatoms. The first-order valence-electron chi connectivity index (χ1n) is 5.42. The normalized spacial score (nSPS) is 13.0. The molecule has 1 rings (SSSR count). The Bertz CT molecular complexity index is 644. The van der Waals surface area contributed by atoms with Crippen molar-refractivity contribution in [3.8, 4) is 0 Å². The van der Waals surface area contributed by atoms with Crippen molar-refractivity contribution in [1.29, 1.82) is 0 Å². The summed E-state index contributed by atoms with van der Waals surface area (Å²) >= 11 is 0. The van der Waals surface area contributed by atoms with Crippen LogP contribution in [0.3, 0.4) is 0 Å². The van der Waals surface area contributed by atoms with E-state index in [0.717, 1.165) is 6.20 Å². The van der Waals surface area contributed by atoms with Gasteiger partial charge in [0.1, 0.15) is 4.90 Å². The smallest absolute Gasteiger partial charge is 0.328 e. The second kappa shape index (κ2) is 6.13. The maximum atomic E-state index is 12.0. The molecule has 4 N–H and O–H groups in total. The Kier molecular flexibility index (Phi) is 5.00. The Balaban J connectivity index is 3.16. The average molecular weight is 321 g/mol. The van der Waals surface area contributed by atoms with Crippen molar-refractivity contribution >= 4 is 32.8 Å². The topological polar surface area (TPSA) is 144 Å². The van der Waals surface area contributed by atoms with Gasteiger partial charge in [0.05, 0.1) is 17.0 Å². The summed E-state index contributed by atoms with van der Waals surface area (Å²) in [4.78, 5) is 18.2. The molecule has 0 bridgehead atoms. The summed E-state index contributed by atoms with van der Waals surface area (Å²) in [5.41, 5.74) is 5.32. The summed E-state index contributed by atoms with van der Waals surface area (Å²) in [6.45, 7) is 3.34. The van der Waals surface area contributed by atoms with Crippen molar-refractivity contribution in [3.63, 3.8) is 0 Å². The van der Waals surface area contributed by atoms with Crippen LogP contribution in [0.2, 0.25) is 0 Å². The van der Waals surface area contributed by atoms with E-state index in [1.165, 1.54) is 6.26 Å². The minimum atomic E-state index is -4.23. The Labute approximate surface area is 118 Å². The molecule has 0 fully saturated rings. The van der Waals surface area contributed by atoms with Crippen molar-refractivity contribution in [2.75, 3.05) is 12.0 Å². The molecule has 0 aromatic carbocycles. The van der Waals surface area contributed by atoms with Crippen LogP contribution in [-0.2, 0) is 20.8 Å². The van der Waals surface area contributed by atoms with Crippen LogP contribution >= 0.6 is 0 Å². The van der Waals surface area contributed by atoms with Gasteiger partial charge in [0.2, 0.25) is 5.95 Å². The Morgan fingerprint density at radius 3 is 2.55 bits per heavy atom. The molecule has 9 nitrogen and oxygen atoms in total. The number of hydrogen-bond donors (Lipinski definition) is 3. The molecular formula is C9H15N5O4S2. The molecule has 20 heavy (non-hydrogen) atoms. The van der Waals surface area contributed by atoms with Crippen molar-refractivity contribution in [2.45, 2.75) is 29.8 Å². The highest BCUT2D eigenvalue weighted by Gasteiger charge is 2.25. The largest absolute Gasteiger partial charge is 0.368 e. The predicted octanol–water partition coefficient (Wildman–Crippen LogP) is -0.807. The van der Waals surface area contributed by atoms with Crippen LogP contribution in [0.4, 0.5) is 10.7 Å². The van der Waals surface area contributed by atoms with Gasteiger partial charge in [0.25, 0.3) is 10.0 Å². The lowest BCUT2D eigenvalue weighted by molar-refractivity contribution is 0.243. The molecule has 2 amide bonds. The van der Waals surface area contributed by atoms with Crippen LogP contribution in [-0.4, -0.2) is 40.9 Å². The number of aromatic nitrogens is 2. The van der Waals surface area contributed by atoms with Gasteiger partial charge in [-0.2, -0.15) is 0 Å². The van der Waals surface area contributed by atoms with E-state index in [-0.39, 0.29) is 17.0 Å². The number of rotatable bonds is 4. The van der Waals surface area contributed by atoms with Gasteiger partial charge < -0.3 is 11.1 Å². The van der Waals surface area contributed by atoms with Crippen LogP contribution in [0.15, 0.2) is 16.1 Å². The number of sulfonamides is 1. The molecule has 1 aromatic rings. The van der Waals surface area contributed by atoms with Crippen molar-refractivity contribution in [1.82, 2.24) is 20.0 Å². The zero-order valence-corrected chi connectivity index (χ0v) is 12.7. The lowest BCUT2D eigenvalue weighted by Crippen LogP contribution is -2.42. The molecule has 0 aliphatic heterocycles. The van der Waals surface area contributed by atoms with Crippen LogP contribution in [0, 0.1) is 0 Å². The fraction of sp³-hybridized carbons (Fsp3) is 0.444. The number of carbonyl (C=O) groups is 1. The zero-order chi connectivity index (χ0) is 15.5. The lowest BCUT2D eigenvalue weighted by Gasteiger charge is -2.12. The molecule has 0 aliphatic carbocycles. The summed E-state index contributed by atoms with van der Waals surface area (Å²) in [6, 6.07) is -1.14. The van der Waals surface area contributed by atoms with E-state index in [1.54, 1.807) is 18.6 Å². The second-order valence-corrected chi connectivity index (χ2v) is 7.03. The molecule has 0 radical (unpaired) electrons. The lowest BCUT2D eigenvalue weighted by atomic mass is 10.4. The molecule has 1 heterocycles. The van der Waals surface area contributed by atoms with Gasteiger partial charge in [-0.3, -0.25) is 4.21 Å². The quantitative estimate of drug-likeness (QED) is 0.615. The third kappa shape index (κ3) is 4.13. The van der Waals surface area contributed by atoms with E-state index in [1.807, 2.05) is 0 Å². The standard InChI is InChI=1S/C9H15N5O4S2/c1-5(2)12-9(15)14-20(17,18)6-4-11-8(10)13-7(6)19(3)16/h4-5H,1-3H3,(H2,10,11,13)(H2,12,14,15). The molecule has 0 saturated carbocycles. The highest BCUT2D eigenvalue weighted by atomic mass is 32.2. The maximum Gasteiger partial charge on any atom is 0.328 e. The van der Waals surface area contributed by atoms with E-state index in [0.29, 0.717) is 0 Å². The van der Waals surface area contributed by atoms with E-state index < -0.39 is 31.7 Å². The number of nitrogens with zero attached hydrogens (tertiary/aromatic N) is 2. The number of nitrogens with one attached hydrogen (secondary N) is 2. The maximum absolute atomic E-state index is 12.0. The third-order valence-corrected chi connectivity index (χ3v) is 4.27. The molecule has 0 spiro atoms. The fourth-order valence-electron chi connectivity index (χ4n) is 1.23. The van der Waals surface area contributed by atoms with Gasteiger partial charge in [0.15, 0.2) is 5.03 Å². The number of carbonyl (C=O) groups excluding carboxylic acids is 1. The van der Waals surface area contributed by atoms with Crippen LogP contribution in [0.25, 0.3) is 0 Å². The van der Waals surface area contributed by atoms with Crippen LogP contribution in [0.1, 0.15) is 13.8 Å². The summed E-state index contributed by atoms with van der Waals surface area (Å²) in [6.07, 6.45) is 2.15. The fourth-order valence-corrected chi connectivity index (χ4v) is 3.35. The Hall–Kier alpha value is -1.75. The number of nitrogens with two attached hydrogens (primary N) is 1. The first-order chi connectivity index (χ1) is 9.13. The van der Waals surface area contributed by atoms with E-state index >= 15 is 0 Å². The molecule has 1 atom stereocenters. The van der Waals surface area contributed by atoms with Crippen molar-refractivity contribution in [2.24, 2.45) is 0 Å². The minimum Gasteiger partial charge on any atom is -0.368 e. The van der Waals surface area contributed by atoms with E-state index in [9.17, 15) is 17.4 Å². The number of nitrogen functional groups attached to an aromatic ring is 1. The van der Waals surface area contributed by atoms with Crippen molar-refractivity contribution in [3.05, 3.63) is 6.20 Å². The van der Waals surface area contributed by atoms with Gasteiger partial charge in [-0.15, -0.1) is 0 Å². The molecule has 0 saturated heterocycles. The third-order valence-electron chi connectivity index (χ3n) is 1.95. The van der Waals surface area contributed by atoms with E-state index in [4.69, 9.17) is 5.73 Å². The SMILES string of the molecule is CC(C)NC(=O)NS(=O)(=O)c1cnc(N)nc1S(C)=O. The van der Waals surface area contributed by atoms with Gasteiger partial charge >= 0.3 is 6.03 Å². The first kappa shape index (κ1) is 16.3. The summed E-state index contributed by atoms with van der Waals surface area (Å²) in [7, 11) is -5.94. The second-order valence-electron chi connectivity index (χ2n) is 4.09. The van der Waals surface area contributed by atoms with E-state index in [2.05, 4.69) is 15.3 Å². The first-order valence-corrected chi connectivity index (χ1v) is 8.47. The van der Waals surface area contributed by atoms with Gasteiger partial charge in [-0.05, 0) is 13.8 Å². The summed E-state index contributed by atoms with van der Waals surface area (Å²) in [5.74, 6) is -0.208. The number of urea groups is 1. The number of hydrogen-bond acceptors (Lipinski definition) is 7. The number of amides is 2. The van der Waals surface area contributed by atoms with Crippen LogP contribution < -0.4 is 15.8 Å². The molecule has 1 unspecified atom stereocenters. The summed E-state index contributed by atoms with van der Waals surface area (Å²) < 4.78 is 37.4. The van der Waals surface area contributed by atoms with Gasteiger partial charge in [-0.1, -0.05) is 0 Å². The molecular weight excluding hydrogens is 306 g/mol. The zero-order valence-electron chi connectivity index (χ0n) is 11.1. The Morgan fingerprint density at radius 2 is 2.05 bits per heavy atom. The predicted molar refractivity (Wildman–Crippen MR) is 72.8 cm³/mol. The molecule has 112 valence electrons. The highest BCUT2D eigenvalue weighted by molar-refractivity contribution is 7.91. The Morgan fingerprint density at radius 1 is 1.45 bits per heavy atom. The number of anilines is 1.